The summed E-state index contributed by atoms with van der Waals surface area (Å²) in [4.78, 5) is 38.2. The summed E-state index contributed by atoms with van der Waals surface area (Å²) in [5.74, 6) is -0.220. The maximum atomic E-state index is 13.3. The van der Waals surface area contributed by atoms with Crippen LogP contribution in [0.25, 0.3) is 0 Å². The molecule has 0 radical (unpaired) electrons. The van der Waals surface area contributed by atoms with Crippen LogP contribution < -0.4 is 10.2 Å². The lowest BCUT2D eigenvalue weighted by molar-refractivity contribution is -0.468. The number of Topliss-reactive ketones (excluding diaryl/α,β-unsaturated/α-hetero) is 1. The highest BCUT2D eigenvalue weighted by atomic mass is 16.6. The van der Waals surface area contributed by atoms with Crippen molar-refractivity contribution in [3.05, 3.63) is 69.5 Å². The zero-order chi connectivity index (χ0) is 22.1. The van der Waals surface area contributed by atoms with Gasteiger partial charge in [-0.2, -0.15) is 0 Å². The molecule has 2 aliphatic rings. The fourth-order valence-corrected chi connectivity index (χ4v) is 4.27. The van der Waals surface area contributed by atoms with Gasteiger partial charge in [-0.1, -0.05) is 38.1 Å². The Bertz CT molecular complexity index is 988. The topological polar surface area (TPSA) is 92.5 Å². The predicted molar refractivity (Wildman–Crippen MR) is 117 cm³/mol. The summed E-state index contributed by atoms with van der Waals surface area (Å²) in [5.41, 5.74) is 3.27. The number of rotatable bonds is 4. The molecule has 1 N–H and O–H groups in total. The van der Waals surface area contributed by atoms with E-state index in [4.69, 9.17) is 0 Å². The number of para-hydroxylation sites is 2. The third kappa shape index (κ3) is 4.20. The number of hydrogen-bond donors (Lipinski definition) is 1. The van der Waals surface area contributed by atoms with Gasteiger partial charge in [-0.25, -0.2) is 0 Å². The summed E-state index contributed by atoms with van der Waals surface area (Å²) >= 11 is 0. The molecule has 1 heterocycles. The maximum Gasteiger partial charge on any atom is 0.224 e. The van der Waals surface area contributed by atoms with Crippen molar-refractivity contribution < 1.29 is 14.5 Å². The van der Waals surface area contributed by atoms with Crippen molar-refractivity contribution in [1.82, 2.24) is 0 Å². The lowest BCUT2D eigenvalue weighted by Crippen LogP contribution is -2.44. The van der Waals surface area contributed by atoms with Gasteiger partial charge < -0.3 is 5.32 Å². The number of nitrogens with one attached hydrogen (secondary N) is 1. The van der Waals surface area contributed by atoms with Crippen LogP contribution in [0.15, 0.2) is 59.3 Å². The van der Waals surface area contributed by atoms with Crippen LogP contribution in [0.2, 0.25) is 0 Å². The molecule has 0 aromatic heterocycles. The Kier molecular flexibility index (Phi) is 5.92. The third-order valence-electron chi connectivity index (χ3n) is 5.45. The van der Waals surface area contributed by atoms with Gasteiger partial charge in [-0.05, 0) is 42.5 Å². The minimum absolute atomic E-state index is 0.0140. The van der Waals surface area contributed by atoms with Crippen LogP contribution >= 0.6 is 0 Å². The van der Waals surface area contributed by atoms with Crippen LogP contribution in [0.5, 0.6) is 0 Å². The SMILES string of the molecule is C/C=C(\C=C/C[N+](=O)[O-])C1C2=C(CC(C)(C)CC2=O)Nc2ccccc2N1C(C)=O. The van der Waals surface area contributed by atoms with E-state index in [1.807, 2.05) is 37.3 Å². The van der Waals surface area contributed by atoms with Crippen LogP contribution in [0.3, 0.4) is 0 Å². The van der Waals surface area contributed by atoms with Crippen molar-refractivity contribution in [3.8, 4) is 0 Å². The monoisotopic (exact) mass is 409 g/mol. The highest BCUT2D eigenvalue weighted by molar-refractivity contribution is 6.06. The summed E-state index contributed by atoms with van der Waals surface area (Å²) in [5, 5.41) is 14.2. The van der Waals surface area contributed by atoms with Crippen molar-refractivity contribution in [2.24, 2.45) is 5.41 Å². The highest BCUT2D eigenvalue weighted by Gasteiger charge is 2.42. The van der Waals surface area contributed by atoms with Gasteiger partial charge in [0.15, 0.2) is 5.78 Å². The van der Waals surface area contributed by atoms with E-state index in [0.29, 0.717) is 29.7 Å². The molecule has 7 heteroatoms. The van der Waals surface area contributed by atoms with E-state index in [1.165, 1.54) is 13.0 Å². The fraction of sp³-hybridized carbons (Fsp3) is 0.391. The third-order valence-corrected chi connectivity index (χ3v) is 5.45. The number of nitro groups is 1. The molecule has 158 valence electrons. The summed E-state index contributed by atoms with van der Waals surface area (Å²) in [6, 6.07) is 6.82. The number of allylic oxidation sites excluding steroid dienone is 2. The number of carbonyl (C=O) groups excluding carboxylic acids is 2. The largest absolute Gasteiger partial charge is 0.357 e. The molecule has 3 rings (SSSR count). The van der Waals surface area contributed by atoms with E-state index in [9.17, 15) is 19.7 Å². The van der Waals surface area contributed by atoms with Crippen molar-refractivity contribution in [3.63, 3.8) is 0 Å². The van der Waals surface area contributed by atoms with Gasteiger partial charge in [0.25, 0.3) is 0 Å². The number of ketones is 1. The highest BCUT2D eigenvalue weighted by Crippen LogP contribution is 2.45. The number of carbonyl (C=O) groups is 2. The molecule has 1 aromatic carbocycles. The van der Waals surface area contributed by atoms with Crippen LogP contribution in [0.1, 0.15) is 40.5 Å². The molecular weight excluding hydrogens is 382 g/mol. The van der Waals surface area contributed by atoms with Gasteiger partial charge in [0.1, 0.15) is 0 Å². The average Bonchev–Trinajstić information content (AvgIpc) is 2.78. The van der Waals surface area contributed by atoms with E-state index >= 15 is 0 Å². The number of benzene rings is 1. The number of fused-ring (bicyclic) bond motifs is 1. The van der Waals surface area contributed by atoms with E-state index in [-0.39, 0.29) is 23.7 Å². The first-order chi connectivity index (χ1) is 14.1. The quantitative estimate of drug-likeness (QED) is 0.456. The normalized spacial score (nSPS) is 21.1. The summed E-state index contributed by atoms with van der Waals surface area (Å²) in [6.45, 7) is 7.06. The summed E-state index contributed by atoms with van der Waals surface area (Å²) < 4.78 is 0. The zero-order valence-electron chi connectivity index (χ0n) is 17.8. The van der Waals surface area contributed by atoms with Gasteiger partial charge in [-0.15, -0.1) is 0 Å². The van der Waals surface area contributed by atoms with Gasteiger partial charge in [-0.3, -0.25) is 24.6 Å². The lowest BCUT2D eigenvalue weighted by atomic mass is 9.73. The van der Waals surface area contributed by atoms with E-state index < -0.39 is 11.0 Å². The Morgan fingerprint density at radius 1 is 1.33 bits per heavy atom. The molecule has 1 aliphatic heterocycles. The summed E-state index contributed by atoms with van der Waals surface area (Å²) in [7, 11) is 0. The smallest absolute Gasteiger partial charge is 0.224 e. The second kappa shape index (κ2) is 8.26. The average molecular weight is 409 g/mol. The van der Waals surface area contributed by atoms with Gasteiger partial charge in [0.05, 0.1) is 17.4 Å². The first kappa shape index (κ1) is 21.5. The Labute approximate surface area is 176 Å². The van der Waals surface area contributed by atoms with Crippen molar-refractivity contribution in [2.75, 3.05) is 16.8 Å². The van der Waals surface area contributed by atoms with Crippen LogP contribution in [0.4, 0.5) is 11.4 Å². The Balaban J connectivity index is 2.24. The van der Waals surface area contributed by atoms with E-state index in [0.717, 1.165) is 11.4 Å². The number of nitrogens with zero attached hydrogens (tertiary/aromatic N) is 2. The summed E-state index contributed by atoms with van der Waals surface area (Å²) in [6.07, 6.45) is 5.95. The molecular formula is C23H27N3O4. The Morgan fingerprint density at radius 3 is 2.67 bits per heavy atom. The van der Waals surface area contributed by atoms with Crippen LogP contribution in [0, 0.1) is 15.5 Å². The number of hydrogen-bond acceptors (Lipinski definition) is 5. The van der Waals surface area contributed by atoms with Crippen LogP contribution in [-0.4, -0.2) is 29.2 Å². The zero-order valence-corrected chi connectivity index (χ0v) is 17.8. The molecule has 1 aliphatic carbocycles. The second-order valence-electron chi connectivity index (χ2n) is 8.47. The molecule has 0 spiro atoms. The fourth-order valence-electron chi connectivity index (χ4n) is 4.27. The van der Waals surface area contributed by atoms with E-state index in [1.54, 1.807) is 11.0 Å². The molecule has 1 amide bonds. The molecule has 0 saturated heterocycles. The number of anilines is 2. The first-order valence-corrected chi connectivity index (χ1v) is 10.0. The lowest BCUT2D eigenvalue weighted by Gasteiger charge is -2.37. The van der Waals surface area contributed by atoms with Crippen LogP contribution in [-0.2, 0) is 9.59 Å². The molecule has 0 bridgehead atoms. The van der Waals surface area contributed by atoms with Gasteiger partial charge in [0, 0.05) is 29.5 Å². The van der Waals surface area contributed by atoms with Gasteiger partial charge >= 0.3 is 0 Å². The molecule has 30 heavy (non-hydrogen) atoms. The van der Waals surface area contributed by atoms with Crippen molar-refractivity contribution >= 4 is 23.1 Å². The maximum absolute atomic E-state index is 13.3. The molecule has 7 nitrogen and oxygen atoms in total. The minimum atomic E-state index is -0.648. The van der Waals surface area contributed by atoms with Crippen molar-refractivity contribution in [2.45, 2.75) is 46.6 Å². The standard InChI is InChI=1S/C23H27N3O4/c1-5-16(9-8-12-25(29)30)22-21-18(13-23(3,4)14-20(21)28)24-17-10-6-7-11-19(17)26(22)15(2)27/h5-11,22,24H,12-14H2,1-4H3/b9-8-,16-5+. The molecule has 0 fully saturated rings. The minimum Gasteiger partial charge on any atom is -0.357 e. The Hall–Kier alpha value is -3.22. The molecule has 0 saturated carbocycles. The van der Waals surface area contributed by atoms with Gasteiger partial charge in [0.2, 0.25) is 12.5 Å². The molecule has 1 unspecified atom stereocenters. The molecule has 1 atom stereocenters. The predicted octanol–water partition coefficient (Wildman–Crippen LogP) is 4.26. The molecule has 1 aromatic rings. The van der Waals surface area contributed by atoms with Crippen molar-refractivity contribution in [1.29, 1.82) is 0 Å². The van der Waals surface area contributed by atoms with E-state index in [2.05, 4.69) is 19.2 Å². The Morgan fingerprint density at radius 2 is 2.03 bits per heavy atom. The second-order valence-corrected chi connectivity index (χ2v) is 8.47. The number of amides is 1. The first-order valence-electron chi connectivity index (χ1n) is 10.0.